The quantitative estimate of drug-likeness (QED) is 0.856. The van der Waals surface area contributed by atoms with Gasteiger partial charge in [-0.15, -0.1) is 0 Å². The zero-order valence-corrected chi connectivity index (χ0v) is 13.6. The van der Waals surface area contributed by atoms with Crippen LogP contribution in [0.25, 0.3) is 0 Å². The van der Waals surface area contributed by atoms with E-state index in [-0.39, 0.29) is 6.10 Å². The van der Waals surface area contributed by atoms with Gasteiger partial charge in [-0.2, -0.15) is 0 Å². The van der Waals surface area contributed by atoms with Crippen LogP contribution in [0, 0.1) is 6.92 Å². The molecule has 0 aliphatic carbocycles. The van der Waals surface area contributed by atoms with Gasteiger partial charge in [-0.05, 0) is 30.9 Å². The molecule has 5 nitrogen and oxygen atoms in total. The summed E-state index contributed by atoms with van der Waals surface area (Å²) in [6.45, 7) is 7.62. The molecule has 0 N–H and O–H groups in total. The fourth-order valence-corrected chi connectivity index (χ4v) is 4.08. The maximum atomic E-state index is 5.88. The number of nitrogens with zero attached hydrogens (tertiary/aromatic N) is 3. The summed E-state index contributed by atoms with van der Waals surface area (Å²) >= 11 is 1.76. The van der Waals surface area contributed by atoms with Gasteiger partial charge in [0.2, 0.25) is 0 Å². The van der Waals surface area contributed by atoms with Crippen LogP contribution >= 0.6 is 11.8 Å². The molecule has 3 aliphatic rings. The number of hydrogen-bond donors (Lipinski definition) is 0. The highest BCUT2D eigenvalue weighted by Crippen LogP contribution is 2.30. The number of furan rings is 1. The van der Waals surface area contributed by atoms with E-state index < -0.39 is 0 Å². The molecule has 0 radical (unpaired) electrons. The third kappa shape index (κ3) is 2.83. The van der Waals surface area contributed by atoms with Crippen LogP contribution in [0.3, 0.4) is 0 Å². The van der Waals surface area contributed by atoms with Crippen LogP contribution in [-0.4, -0.2) is 54.3 Å². The molecule has 6 heteroatoms. The van der Waals surface area contributed by atoms with Crippen molar-refractivity contribution in [1.29, 1.82) is 0 Å². The molecule has 1 saturated heterocycles. The molecule has 3 aliphatic heterocycles. The third-order valence-corrected chi connectivity index (χ3v) is 5.23. The third-order valence-electron chi connectivity index (χ3n) is 4.28. The van der Waals surface area contributed by atoms with Crippen molar-refractivity contribution in [2.45, 2.75) is 19.4 Å². The Labute approximate surface area is 135 Å². The molecule has 0 amide bonds. The molecule has 1 unspecified atom stereocenters. The van der Waals surface area contributed by atoms with E-state index in [4.69, 9.17) is 9.15 Å². The van der Waals surface area contributed by atoms with Gasteiger partial charge in [-0.3, -0.25) is 9.89 Å². The van der Waals surface area contributed by atoms with Crippen molar-refractivity contribution in [3.05, 3.63) is 34.8 Å². The predicted molar refractivity (Wildman–Crippen MR) is 87.9 cm³/mol. The zero-order chi connectivity index (χ0) is 14.9. The highest BCUT2D eigenvalue weighted by Gasteiger charge is 2.29. The van der Waals surface area contributed by atoms with Crippen LogP contribution in [0.4, 0.5) is 0 Å². The van der Waals surface area contributed by atoms with Crippen molar-refractivity contribution < 1.29 is 9.15 Å². The Balaban J connectivity index is 1.41. The van der Waals surface area contributed by atoms with Crippen LogP contribution < -0.4 is 0 Å². The summed E-state index contributed by atoms with van der Waals surface area (Å²) < 4.78 is 11.6. The lowest BCUT2D eigenvalue weighted by atomic mass is 10.2. The number of fused-ring (bicyclic) bond motifs is 1. The SMILES string of the molecule is Cc1ccc(C2CN(CC3=CSC4=NCCCN34)CCO2)o1. The lowest BCUT2D eigenvalue weighted by Gasteiger charge is -2.34. The monoisotopic (exact) mass is 319 g/mol. The minimum Gasteiger partial charge on any atom is -0.464 e. The van der Waals surface area contributed by atoms with Gasteiger partial charge in [-0.25, -0.2) is 0 Å². The number of morpholine rings is 1. The van der Waals surface area contributed by atoms with Gasteiger partial charge in [0.25, 0.3) is 0 Å². The second kappa shape index (κ2) is 6.10. The number of rotatable bonds is 3. The van der Waals surface area contributed by atoms with Crippen LogP contribution in [0.1, 0.15) is 24.0 Å². The Bertz CT molecular complexity index is 610. The van der Waals surface area contributed by atoms with E-state index in [1.807, 2.05) is 19.1 Å². The molecule has 4 heterocycles. The van der Waals surface area contributed by atoms with Crippen LogP contribution in [0.2, 0.25) is 0 Å². The molecule has 1 aromatic heterocycles. The molecule has 1 fully saturated rings. The van der Waals surface area contributed by atoms with E-state index in [9.17, 15) is 0 Å². The topological polar surface area (TPSA) is 41.2 Å². The molecular weight excluding hydrogens is 298 g/mol. The molecule has 0 aromatic carbocycles. The highest BCUT2D eigenvalue weighted by atomic mass is 32.2. The van der Waals surface area contributed by atoms with Crippen molar-refractivity contribution in [2.24, 2.45) is 4.99 Å². The summed E-state index contributed by atoms with van der Waals surface area (Å²) in [7, 11) is 0. The van der Waals surface area contributed by atoms with Gasteiger partial charge in [0.05, 0.1) is 6.61 Å². The van der Waals surface area contributed by atoms with Crippen molar-refractivity contribution >= 4 is 16.9 Å². The van der Waals surface area contributed by atoms with Crippen molar-refractivity contribution in [1.82, 2.24) is 9.80 Å². The van der Waals surface area contributed by atoms with Gasteiger partial charge in [0, 0.05) is 38.4 Å². The van der Waals surface area contributed by atoms with E-state index >= 15 is 0 Å². The average Bonchev–Trinajstić information content (AvgIpc) is 3.15. The molecule has 0 saturated carbocycles. The summed E-state index contributed by atoms with van der Waals surface area (Å²) in [5, 5.41) is 3.43. The Morgan fingerprint density at radius 1 is 1.36 bits per heavy atom. The van der Waals surface area contributed by atoms with Gasteiger partial charge in [0.1, 0.15) is 17.6 Å². The van der Waals surface area contributed by atoms with Gasteiger partial charge < -0.3 is 14.1 Å². The van der Waals surface area contributed by atoms with Gasteiger partial charge >= 0.3 is 0 Å². The molecule has 118 valence electrons. The van der Waals surface area contributed by atoms with E-state index in [1.54, 1.807) is 11.8 Å². The Kier molecular flexibility index (Phi) is 3.98. The number of thioether (sulfide) groups is 1. The van der Waals surface area contributed by atoms with Crippen LogP contribution in [-0.2, 0) is 4.74 Å². The smallest absolute Gasteiger partial charge is 0.167 e. The fraction of sp³-hybridized carbons (Fsp3) is 0.562. The standard InChI is InChI=1S/C16H21N3O2S/c1-12-3-4-14(21-12)15-10-18(7-8-20-15)9-13-11-22-16-17-5-2-6-19(13)16/h3-4,11,15H,2,5-10H2,1H3. The number of hydrogen-bond acceptors (Lipinski definition) is 6. The number of amidine groups is 1. The highest BCUT2D eigenvalue weighted by molar-refractivity contribution is 8.16. The average molecular weight is 319 g/mol. The summed E-state index contributed by atoms with van der Waals surface area (Å²) in [5.74, 6) is 1.89. The fourth-order valence-electron chi connectivity index (χ4n) is 3.13. The lowest BCUT2D eigenvalue weighted by Crippen LogP contribution is -2.42. The number of aryl methyl sites for hydroxylation is 1. The van der Waals surface area contributed by atoms with Crippen molar-refractivity contribution in [2.75, 3.05) is 39.3 Å². The summed E-state index contributed by atoms with van der Waals surface area (Å²) in [4.78, 5) is 9.42. The molecular formula is C16H21N3O2S. The number of ether oxygens (including phenoxy) is 1. The second-order valence-electron chi connectivity index (χ2n) is 5.94. The summed E-state index contributed by atoms with van der Waals surface area (Å²) in [5.41, 5.74) is 1.37. The first-order valence-electron chi connectivity index (χ1n) is 7.87. The predicted octanol–water partition coefficient (Wildman–Crippen LogP) is 2.61. The summed E-state index contributed by atoms with van der Waals surface area (Å²) in [6, 6.07) is 4.04. The molecule has 0 bridgehead atoms. The normalized spacial score (nSPS) is 25.9. The van der Waals surface area contributed by atoms with E-state index in [1.165, 1.54) is 10.9 Å². The lowest BCUT2D eigenvalue weighted by molar-refractivity contribution is -0.0384. The molecule has 4 rings (SSSR count). The van der Waals surface area contributed by atoms with Gasteiger partial charge in [-0.1, -0.05) is 11.8 Å². The number of aliphatic imine (C=N–C) groups is 1. The van der Waals surface area contributed by atoms with E-state index in [2.05, 4.69) is 20.2 Å². The zero-order valence-electron chi connectivity index (χ0n) is 12.8. The van der Waals surface area contributed by atoms with Crippen LogP contribution in [0.5, 0.6) is 0 Å². The Hall–Kier alpha value is -1.24. The minimum absolute atomic E-state index is 0.0478. The molecule has 1 atom stereocenters. The molecule has 0 spiro atoms. The van der Waals surface area contributed by atoms with E-state index in [0.717, 1.165) is 57.3 Å². The first kappa shape index (κ1) is 14.4. The molecule has 22 heavy (non-hydrogen) atoms. The van der Waals surface area contributed by atoms with Crippen LogP contribution in [0.15, 0.2) is 32.6 Å². The maximum absolute atomic E-state index is 5.88. The van der Waals surface area contributed by atoms with Gasteiger partial charge in [0.15, 0.2) is 5.17 Å². The largest absolute Gasteiger partial charge is 0.464 e. The van der Waals surface area contributed by atoms with Crippen molar-refractivity contribution in [3.63, 3.8) is 0 Å². The molecule has 1 aromatic rings. The van der Waals surface area contributed by atoms with E-state index in [0.29, 0.717) is 0 Å². The maximum Gasteiger partial charge on any atom is 0.167 e. The first-order valence-corrected chi connectivity index (χ1v) is 8.75. The second-order valence-corrected chi connectivity index (χ2v) is 6.78. The minimum atomic E-state index is 0.0478. The Morgan fingerprint density at radius 3 is 3.18 bits per heavy atom. The first-order chi connectivity index (χ1) is 10.8. The Morgan fingerprint density at radius 2 is 2.32 bits per heavy atom. The summed E-state index contributed by atoms with van der Waals surface area (Å²) in [6.07, 6.45) is 1.20. The van der Waals surface area contributed by atoms with Crippen molar-refractivity contribution in [3.8, 4) is 0 Å².